The average molecular weight is 330 g/mol. The number of ether oxygens (including phenoxy) is 1. The van der Waals surface area contributed by atoms with Crippen molar-refractivity contribution in [2.75, 3.05) is 7.11 Å². The molecule has 0 amide bonds. The van der Waals surface area contributed by atoms with Crippen LogP contribution in [-0.4, -0.2) is 16.9 Å². The maximum absolute atomic E-state index is 6.36. The third-order valence-electron chi connectivity index (χ3n) is 2.73. The molecule has 2 N–H and O–H groups in total. The van der Waals surface area contributed by atoms with E-state index in [2.05, 4.69) is 34.9 Å². The average Bonchev–Trinajstić information content (AvgIpc) is 2.93. The maximum Gasteiger partial charge on any atom is 0.161 e. The van der Waals surface area contributed by atoms with Crippen molar-refractivity contribution in [1.29, 1.82) is 0 Å². The normalized spacial score (nSPS) is 13.0. The standard InChI is InChI=1S/C12H16BrN3OS/c1-7(2)16-11(9(17-3)6-15-16)10(14)12-8(13)4-5-18-12/h4-7,10H,14H2,1-3H3. The number of methoxy groups -OCH3 is 1. The van der Waals surface area contributed by atoms with Gasteiger partial charge in [0.15, 0.2) is 5.75 Å². The molecule has 0 fully saturated rings. The molecule has 18 heavy (non-hydrogen) atoms. The monoisotopic (exact) mass is 329 g/mol. The number of hydrogen-bond donors (Lipinski definition) is 1. The van der Waals surface area contributed by atoms with E-state index in [9.17, 15) is 0 Å². The Morgan fingerprint density at radius 3 is 2.72 bits per heavy atom. The summed E-state index contributed by atoms with van der Waals surface area (Å²) in [6.07, 6.45) is 1.72. The van der Waals surface area contributed by atoms with Gasteiger partial charge in [-0.25, -0.2) is 0 Å². The second-order valence-electron chi connectivity index (χ2n) is 4.25. The van der Waals surface area contributed by atoms with Crippen LogP contribution in [0.5, 0.6) is 5.75 Å². The van der Waals surface area contributed by atoms with Crippen LogP contribution < -0.4 is 10.5 Å². The van der Waals surface area contributed by atoms with E-state index in [-0.39, 0.29) is 12.1 Å². The molecule has 1 atom stereocenters. The Morgan fingerprint density at radius 1 is 1.50 bits per heavy atom. The molecular weight excluding hydrogens is 314 g/mol. The molecule has 0 aliphatic carbocycles. The highest BCUT2D eigenvalue weighted by molar-refractivity contribution is 9.10. The number of nitrogens with zero attached hydrogens (tertiary/aromatic N) is 2. The smallest absolute Gasteiger partial charge is 0.161 e. The van der Waals surface area contributed by atoms with Crippen LogP contribution in [0.3, 0.4) is 0 Å². The summed E-state index contributed by atoms with van der Waals surface area (Å²) in [7, 11) is 1.64. The molecule has 2 aromatic heterocycles. The summed E-state index contributed by atoms with van der Waals surface area (Å²) in [4.78, 5) is 1.08. The minimum Gasteiger partial charge on any atom is -0.493 e. The van der Waals surface area contributed by atoms with Crippen molar-refractivity contribution in [3.63, 3.8) is 0 Å². The fraction of sp³-hybridized carbons (Fsp3) is 0.417. The lowest BCUT2D eigenvalue weighted by molar-refractivity contribution is 0.401. The predicted molar refractivity (Wildman–Crippen MR) is 77.2 cm³/mol. The zero-order valence-corrected chi connectivity index (χ0v) is 13.0. The van der Waals surface area contributed by atoms with Gasteiger partial charge in [0.05, 0.1) is 19.3 Å². The van der Waals surface area contributed by atoms with Crippen molar-refractivity contribution < 1.29 is 4.74 Å². The first-order valence-electron chi connectivity index (χ1n) is 5.66. The van der Waals surface area contributed by atoms with Crippen LogP contribution in [0.2, 0.25) is 0 Å². The molecule has 2 aromatic rings. The second kappa shape index (κ2) is 5.42. The molecule has 6 heteroatoms. The van der Waals surface area contributed by atoms with Crippen molar-refractivity contribution in [3.8, 4) is 5.75 Å². The molecule has 0 aromatic carbocycles. The molecule has 2 rings (SSSR count). The van der Waals surface area contributed by atoms with Gasteiger partial charge in [0.1, 0.15) is 5.69 Å². The summed E-state index contributed by atoms with van der Waals surface area (Å²) in [6, 6.07) is 2.01. The summed E-state index contributed by atoms with van der Waals surface area (Å²) in [5, 5.41) is 6.36. The highest BCUT2D eigenvalue weighted by Crippen LogP contribution is 2.36. The Hall–Kier alpha value is -0.850. The molecule has 0 spiro atoms. The molecular formula is C12H16BrN3OS. The number of halogens is 1. The summed E-state index contributed by atoms with van der Waals surface area (Å²) < 4.78 is 8.30. The minimum absolute atomic E-state index is 0.237. The van der Waals surface area contributed by atoms with Crippen molar-refractivity contribution >= 4 is 27.3 Å². The van der Waals surface area contributed by atoms with E-state index in [0.29, 0.717) is 0 Å². The molecule has 2 heterocycles. The van der Waals surface area contributed by atoms with Crippen LogP contribution in [0.25, 0.3) is 0 Å². The first kappa shape index (κ1) is 13.6. The van der Waals surface area contributed by atoms with Gasteiger partial charge in [0.2, 0.25) is 0 Å². The van der Waals surface area contributed by atoms with Crippen LogP contribution in [-0.2, 0) is 0 Å². The Bertz CT molecular complexity index is 535. The fourth-order valence-electron chi connectivity index (χ4n) is 1.87. The van der Waals surface area contributed by atoms with E-state index >= 15 is 0 Å². The second-order valence-corrected chi connectivity index (χ2v) is 6.05. The zero-order valence-electron chi connectivity index (χ0n) is 10.6. The van der Waals surface area contributed by atoms with Gasteiger partial charge in [-0.15, -0.1) is 11.3 Å². The van der Waals surface area contributed by atoms with Crippen molar-refractivity contribution in [3.05, 3.63) is 32.7 Å². The lowest BCUT2D eigenvalue weighted by Gasteiger charge is -2.17. The fourth-order valence-corrected chi connectivity index (χ4v) is 3.50. The molecule has 0 bridgehead atoms. The minimum atomic E-state index is -0.237. The number of nitrogens with two attached hydrogens (primary N) is 1. The molecule has 98 valence electrons. The van der Waals surface area contributed by atoms with E-state index in [1.807, 2.05) is 16.1 Å². The van der Waals surface area contributed by atoms with Crippen molar-refractivity contribution in [2.45, 2.75) is 25.9 Å². The molecule has 0 saturated heterocycles. The van der Waals surface area contributed by atoms with Gasteiger partial charge in [0, 0.05) is 15.4 Å². The number of rotatable bonds is 4. The third kappa shape index (κ3) is 2.32. The van der Waals surface area contributed by atoms with Gasteiger partial charge >= 0.3 is 0 Å². The Labute approximate surface area is 119 Å². The van der Waals surface area contributed by atoms with Crippen LogP contribution in [0.4, 0.5) is 0 Å². The third-order valence-corrected chi connectivity index (χ3v) is 4.68. The molecule has 1 unspecified atom stereocenters. The van der Waals surface area contributed by atoms with E-state index in [1.54, 1.807) is 24.6 Å². The van der Waals surface area contributed by atoms with Crippen LogP contribution >= 0.6 is 27.3 Å². The number of aromatic nitrogens is 2. The summed E-state index contributed by atoms with van der Waals surface area (Å²) >= 11 is 5.15. The van der Waals surface area contributed by atoms with E-state index in [1.165, 1.54) is 0 Å². The van der Waals surface area contributed by atoms with Gasteiger partial charge < -0.3 is 10.5 Å². The van der Waals surface area contributed by atoms with Crippen LogP contribution in [0.1, 0.15) is 36.5 Å². The van der Waals surface area contributed by atoms with E-state index < -0.39 is 0 Å². The Kier molecular flexibility index (Phi) is 4.09. The lowest BCUT2D eigenvalue weighted by Crippen LogP contribution is -2.19. The van der Waals surface area contributed by atoms with Gasteiger partial charge in [0.25, 0.3) is 0 Å². The highest BCUT2D eigenvalue weighted by atomic mass is 79.9. The van der Waals surface area contributed by atoms with E-state index in [0.717, 1.165) is 20.8 Å². The molecule has 4 nitrogen and oxygen atoms in total. The quantitative estimate of drug-likeness (QED) is 0.935. The highest BCUT2D eigenvalue weighted by Gasteiger charge is 2.23. The predicted octanol–water partition coefficient (Wildman–Crippen LogP) is 3.34. The van der Waals surface area contributed by atoms with E-state index in [4.69, 9.17) is 10.5 Å². The van der Waals surface area contributed by atoms with Gasteiger partial charge in [-0.2, -0.15) is 5.10 Å². The Balaban J connectivity index is 2.49. The lowest BCUT2D eigenvalue weighted by atomic mass is 10.1. The summed E-state index contributed by atoms with van der Waals surface area (Å²) in [5.74, 6) is 0.733. The number of hydrogen-bond acceptors (Lipinski definition) is 4. The van der Waals surface area contributed by atoms with Gasteiger partial charge in [-0.1, -0.05) is 0 Å². The first-order valence-corrected chi connectivity index (χ1v) is 7.33. The zero-order chi connectivity index (χ0) is 13.3. The molecule has 0 saturated carbocycles. The van der Waals surface area contributed by atoms with Gasteiger partial charge in [-0.3, -0.25) is 4.68 Å². The van der Waals surface area contributed by atoms with Crippen LogP contribution in [0, 0.1) is 0 Å². The largest absolute Gasteiger partial charge is 0.493 e. The van der Waals surface area contributed by atoms with Crippen molar-refractivity contribution in [1.82, 2.24) is 9.78 Å². The SMILES string of the molecule is COc1cnn(C(C)C)c1C(N)c1sccc1Br. The summed E-state index contributed by atoms with van der Waals surface area (Å²) in [5.41, 5.74) is 7.27. The van der Waals surface area contributed by atoms with Crippen LogP contribution in [0.15, 0.2) is 22.1 Å². The maximum atomic E-state index is 6.36. The first-order chi connectivity index (χ1) is 8.56. The Morgan fingerprint density at radius 2 is 2.22 bits per heavy atom. The summed E-state index contributed by atoms with van der Waals surface area (Å²) in [6.45, 7) is 4.15. The van der Waals surface area contributed by atoms with Crippen molar-refractivity contribution in [2.24, 2.45) is 5.73 Å². The van der Waals surface area contributed by atoms with Gasteiger partial charge in [-0.05, 0) is 41.2 Å². The topological polar surface area (TPSA) is 53.1 Å². The number of thiophene rings is 1. The molecule has 0 radical (unpaired) electrons. The molecule has 0 aliphatic rings. The molecule has 0 aliphatic heterocycles.